The predicted octanol–water partition coefficient (Wildman–Crippen LogP) is 1.27. The summed E-state index contributed by atoms with van der Waals surface area (Å²) in [5, 5.41) is 3.62. The Morgan fingerprint density at radius 2 is 2.33 bits per heavy atom. The fourth-order valence-electron chi connectivity index (χ4n) is 2.37. The molecule has 1 N–H and O–H groups in total. The van der Waals surface area contributed by atoms with E-state index in [4.69, 9.17) is 0 Å². The normalized spacial score (nSPS) is 26.7. The minimum absolute atomic E-state index is 0.707. The van der Waals surface area contributed by atoms with Gasteiger partial charge in [-0.3, -0.25) is 4.98 Å². The number of rotatable bonds is 2. The quantitative estimate of drug-likeness (QED) is 0.784. The highest BCUT2D eigenvalue weighted by Crippen LogP contribution is 2.34. The molecule has 1 aliphatic carbocycles. The highest BCUT2D eigenvalue weighted by Gasteiger charge is 2.33. The lowest BCUT2D eigenvalue weighted by molar-refractivity contribution is 0.419. The number of piperazine rings is 1. The number of pyridine rings is 1. The Hall–Kier alpha value is -1.09. The van der Waals surface area contributed by atoms with E-state index in [1.54, 1.807) is 0 Å². The van der Waals surface area contributed by atoms with Gasteiger partial charge in [0.25, 0.3) is 0 Å². The Bertz CT molecular complexity index is 321. The van der Waals surface area contributed by atoms with Gasteiger partial charge in [-0.1, -0.05) is 0 Å². The Kier molecular flexibility index (Phi) is 2.33. The second-order valence-electron chi connectivity index (χ2n) is 4.56. The Balaban J connectivity index is 1.70. The molecule has 1 saturated heterocycles. The lowest BCUT2D eigenvalue weighted by atomic mass is 10.1. The summed E-state index contributed by atoms with van der Waals surface area (Å²) in [5.41, 5.74) is 1.27. The number of aromatic nitrogens is 1. The van der Waals surface area contributed by atoms with Crippen molar-refractivity contribution in [2.45, 2.75) is 18.9 Å². The standard InChI is InChI=1S/C12H17N3/c1-2-11(8-13-5-1)15-7-6-14-12(9-15)10-3-4-10/h1-2,5,8,10,12,14H,3-4,6-7,9H2. The maximum atomic E-state index is 4.18. The molecule has 1 atom stereocenters. The third-order valence-electron chi connectivity index (χ3n) is 3.41. The zero-order valence-electron chi connectivity index (χ0n) is 8.89. The molecule has 80 valence electrons. The summed E-state index contributed by atoms with van der Waals surface area (Å²) < 4.78 is 0. The van der Waals surface area contributed by atoms with Crippen molar-refractivity contribution >= 4 is 5.69 Å². The first-order valence-corrected chi connectivity index (χ1v) is 5.82. The van der Waals surface area contributed by atoms with Crippen LogP contribution in [0.4, 0.5) is 5.69 Å². The number of nitrogens with one attached hydrogen (secondary N) is 1. The van der Waals surface area contributed by atoms with Crippen LogP contribution in [0.1, 0.15) is 12.8 Å². The van der Waals surface area contributed by atoms with Crippen LogP contribution in [0, 0.1) is 5.92 Å². The number of anilines is 1. The van der Waals surface area contributed by atoms with Gasteiger partial charge in [-0.15, -0.1) is 0 Å². The molecule has 3 rings (SSSR count). The molecule has 1 unspecified atom stereocenters. The molecular weight excluding hydrogens is 186 g/mol. The van der Waals surface area contributed by atoms with Crippen molar-refractivity contribution in [2.24, 2.45) is 5.92 Å². The molecule has 0 radical (unpaired) electrons. The molecule has 3 nitrogen and oxygen atoms in total. The van der Waals surface area contributed by atoms with Crippen molar-refractivity contribution in [1.29, 1.82) is 0 Å². The third kappa shape index (κ3) is 1.97. The van der Waals surface area contributed by atoms with E-state index in [-0.39, 0.29) is 0 Å². The van der Waals surface area contributed by atoms with Crippen LogP contribution in [0.3, 0.4) is 0 Å². The lowest BCUT2D eigenvalue weighted by Crippen LogP contribution is -2.51. The first kappa shape index (κ1) is 9.16. The van der Waals surface area contributed by atoms with E-state index >= 15 is 0 Å². The molecule has 0 spiro atoms. The van der Waals surface area contributed by atoms with Crippen LogP contribution in [-0.2, 0) is 0 Å². The Morgan fingerprint density at radius 3 is 3.07 bits per heavy atom. The monoisotopic (exact) mass is 203 g/mol. The average Bonchev–Trinajstić information content (AvgIpc) is 3.14. The van der Waals surface area contributed by atoms with E-state index in [0.29, 0.717) is 6.04 Å². The van der Waals surface area contributed by atoms with Crippen molar-refractivity contribution in [3.8, 4) is 0 Å². The van der Waals surface area contributed by atoms with Crippen LogP contribution >= 0.6 is 0 Å². The van der Waals surface area contributed by atoms with Gasteiger partial charge < -0.3 is 10.2 Å². The molecule has 0 bridgehead atoms. The minimum atomic E-state index is 0.707. The fourth-order valence-corrected chi connectivity index (χ4v) is 2.37. The highest BCUT2D eigenvalue weighted by molar-refractivity contribution is 5.44. The number of nitrogens with zero attached hydrogens (tertiary/aromatic N) is 2. The van der Waals surface area contributed by atoms with Gasteiger partial charge in [0.1, 0.15) is 0 Å². The van der Waals surface area contributed by atoms with Gasteiger partial charge in [-0.05, 0) is 30.9 Å². The first-order chi connectivity index (χ1) is 7.43. The summed E-state index contributed by atoms with van der Waals surface area (Å²) in [5.74, 6) is 0.935. The summed E-state index contributed by atoms with van der Waals surface area (Å²) in [6.45, 7) is 3.36. The molecule has 1 aromatic rings. The zero-order valence-corrected chi connectivity index (χ0v) is 8.89. The molecule has 1 aromatic heterocycles. The number of hydrogen-bond donors (Lipinski definition) is 1. The van der Waals surface area contributed by atoms with E-state index in [1.807, 2.05) is 18.5 Å². The van der Waals surface area contributed by atoms with E-state index in [1.165, 1.54) is 18.5 Å². The van der Waals surface area contributed by atoms with E-state index in [0.717, 1.165) is 25.6 Å². The Labute approximate surface area is 90.5 Å². The molecular formula is C12H17N3. The van der Waals surface area contributed by atoms with Crippen molar-refractivity contribution in [3.05, 3.63) is 24.5 Å². The molecule has 0 amide bonds. The predicted molar refractivity (Wildman–Crippen MR) is 61.0 cm³/mol. The SMILES string of the molecule is c1cncc(N2CCNC(C3CC3)C2)c1. The fraction of sp³-hybridized carbons (Fsp3) is 0.583. The summed E-state index contributed by atoms with van der Waals surface area (Å²) in [6, 6.07) is 4.88. The summed E-state index contributed by atoms with van der Waals surface area (Å²) >= 11 is 0. The van der Waals surface area contributed by atoms with Crippen molar-refractivity contribution in [2.75, 3.05) is 24.5 Å². The topological polar surface area (TPSA) is 28.2 Å². The molecule has 3 heteroatoms. The zero-order chi connectivity index (χ0) is 10.1. The average molecular weight is 203 g/mol. The van der Waals surface area contributed by atoms with Crippen LogP contribution in [0.15, 0.2) is 24.5 Å². The van der Waals surface area contributed by atoms with Gasteiger partial charge in [0.15, 0.2) is 0 Å². The smallest absolute Gasteiger partial charge is 0.0553 e. The van der Waals surface area contributed by atoms with Gasteiger partial charge in [-0.25, -0.2) is 0 Å². The second-order valence-corrected chi connectivity index (χ2v) is 4.56. The maximum absolute atomic E-state index is 4.18. The van der Waals surface area contributed by atoms with Crippen molar-refractivity contribution in [3.63, 3.8) is 0 Å². The summed E-state index contributed by atoms with van der Waals surface area (Å²) in [4.78, 5) is 6.63. The molecule has 2 aliphatic rings. The van der Waals surface area contributed by atoms with Crippen molar-refractivity contribution < 1.29 is 0 Å². The molecule has 2 heterocycles. The van der Waals surface area contributed by atoms with Gasteiger partial charge >= 0.3 is 0 Å². The lowest BCUT2D eigenvalue weighted by Gasteiger charge is -2.35. The highest BCUT2D eigenvalue weighted by atomic mass is 15.2. The van der Waals surface area contributed by atoms with Crippen LogP contribution in [0.25, 0.3) is 0 Å². The van der Waals surface area contributed by atoms with Crippen LogP contribution in [-0.4, -0.2) is 30.7 Å². The van der Waals surface area contributed by atoms with Crippen LogP contribution < -0.4 is 10.2 Å². The van der Waals surface area contributed by atoms with E-state index < -0.39 is 0 Å². The third-order valence-corrected chi connectivity index (χ3v) is 3.41. The molecule has 1 aliphatic heterocycles. The van der Waals surface area contributed by atoms with Crippen molar-refractivity contribution in [1.82, 2.24) is 10.3 Å². The molecule has 15 heavy (non-hydrogen) atoms. The van der Waals surface area contributed by atoms with Gasteiger partial charge in [0.2, 0.25) is 0 Å². The molecule has 1 saturated carbocycles. The second kappa shape index (κ2) is 3.81. The van der Waals surface area contributed by atoms with Crippen LogP contribution in [0.5, 0.6) is 0 Å². The summed E-state index contributed by atoms with van der Waals surface area (Å²) in [6.07, 6.45) is 6.64. The molecule has 0 aromatic carbocycles. The van der Waals surface area contributed by atoms with Gasteiger partial charge in [0.05, 0.1) is 11.9 Å². The van der Waals surface area contributed by atoms with Gasteiger partial charge in [-0.2, -0.15) is 0 Å². The van der Waals surface area contributed by atoms with E-state index in [2.05, 4.69) is 21.3 Å². The van der Waals surface area contributed by atoms with Gasteiger partial charge in [0, 0.05) is 31.9 Å². The minimum Gasteiger partial charge on any atom is -0.367 e. The first-order valence-electron chi connectivity index (χ1n) is 5.82. The largest absolute Gasteiger partial charge is 0.367 e. The summed E-state index contributed by atoms with van der Waals surface area (Å²) in [7, 11) is 0. The maximum Gasteiger partial charge on any atom is 0.0553 e. The molecule has 2 fully saturated rings. The van der Waals surface area contributed by atoms with Crippen LogP contribution in [0.2, 0.25) is 0 Å². The number of hydrogen-bond acceptors (Lipinski definition) is 3. The Morgan fingerprint density at radius 1 is 1.40 bits per heavy atom. The van der Waals surface area contributed by atoms with E-state index in [9.17, 15) is 0 Å².